The van der Waals surface area contributed by atoms with Crippen molar-refractivity contribution in [3.05, 3.63) is 57.9 Å². The van der Waals surface area contributed by atoms with Gasteiger partial charge in [0.05, 0.1) is 6.04 Å². The first-order valence-electron chi connectivity index (χ1n) is 7.57. The maximum Gasteiger partial charge on any atom is 0.268 e. The van der Waals surface area contributed by atoms with Crippen molar-refractivity contribution in [2.45, 2.75) is 39.7 Å². The van der Waals surface area contributed by atoms with E-state index in [1.807, 2.05) is 26.0 Å². The van der Waals surface area contributed by atoms with Crippen LogP contribution in [-0.4, -0.2) is 16.7 Å². The van der Waals surface area contributed by atoms with Crippen molar-refractivity contribution < 1.29 is 9.59 Å². The third-order valence-electron chi connectivity index (χ3n) is 4.45. The van der Waals surface area contributed by atoms with E-state index in [1.165, 1.54) is 18.1 Å². The number of Topliss-reactive ketones (excluding diaryl/α,β-unsaturated/α-hetero) is 1. The van der Waals surface area contributed by atoms with Gasteiger partial charge < -0.3 is 10.3 Å². The minimum Gasteiger partial charge on any atom is -0.354 e. The number of amides is 1. The standard InChI is InChI=1S/C18H20N2O2/c1-10-16(12(3)21)11(2)19-17(10)18(22)20-15-9-8-13-6-4-5-7-14(13)15/h4-7,15,19H,8-9H2,1-3H3,(H,20,22)/t15-/m0/s1. The number of carbonyl (C=O) groups excluding carboxylic acids is 2. The predicted octanol–water partition coefficient (Wildman–Crippen LogP) is 3.25. The van der Waals surface area contributed by atoms with E-state index in [0.29, 0.717) is 11.3 Å². The number of H-pyrrole nitrogens is 1. The first-order valence-corrected chi connectivity index (χ1v) is 7.57. The van der Waals surface area contributed by atoms with Crippen LogP contribution in [0.4, 0.5) is 0 Å². The van der Waals surface area contributed by atoms with Crippen molar-refractivity contribution in [3.63, 3.8) is 0 Å². The number of fused-ring (bicyclic) bond motifs is 1. The Bertz CT molecular complexity index is 758. The average molecular weight is 296 g/mol. The zero-order chi connectivity index (χ0) is 15.9. The molecule has 1 heterocycles. The molecule has 4 nitrogen and oxygen atoms in total. The summed E-state index contributed by atoms with van der Waals surface area (Å²) in [7, 11) is 0. The highest BCUT2D eigenvalue weighted by atomic mass is 16.2. The van der Waals surface area contributed by atoms with Crippen molar-refractivity contribution in [2.75, 3.05) is 0 Å². The lowest BCUT2D eigenvalue weighted by atomic mass is 10.1. The summed E-state index contributed by atoms with van der Waals surface area (Å²) in [5.74, 6) is -0.161. The van der Waals surface area contributed by atoms with Crippen LogP contribution >= 0.6 is 0 Å². The van der Waals surface area contributed by atoms with Crippen LogP contribution in [-0.2, 0) is 6.42 Å². The second kappa shape index (κ2) is 5.44. The van der Waals surface area contributed by atoms with Gasteiger partial charge in [0.1, 0.15) is 5.69 Å². The molecular weight excluding hydrogens is 276 g/mol. The van der Waals surface area contributed by atoms with Crippen molar-refractivity contribution in [1.82, 2.24) is 10.3 Å². The lowest BCUT2D eigenvalue weighted by Gasteiger charge is -2.14. The summed E-state index contributed by atoms with van der Waals surface area (Å²) < 4.78 is 0. The Balaban J connectivity index is 1.85. The van der Waals surface area contributed by atoms with Crippen molar-refractivity contribution >= 4 is 11.7 Å². The van der Waals surface area contributed by atoms with E-state index in [1.54, 1.807) is 0 Å². The molecule has 0 saturated carbocycles. The van der Waals surface area contributed by atoms with E-state index in [0.717, 1.165) is 24.1 Å². The quantitative estimate of drug-likeness (QED) is 0.854. The molecule has 1 amide bonds. The second-order valence-electron chi connectivity index (χ2n) is 5.94. The van der Waals surface area contributed by atoms with Gasteiger partial charge in [0.15, 0.2) is 5.78 Å². The number of aromatic amines is 1. The number of nitrogens with one attached hydrogen (secondary N) is 2. The van der Waals surface area contributed by atoms with E-state index >= 15 is 0 Å². The van der Waals surface area contributed by atoms with Gasteiger partial charge in [-0.15, -0.1) is 0 Å². The first kappa shape index (κ1) is 14.6. The number of aryl methyl sites for hydroxylation is 2. The molecule has 2 aromatic rings. The van der Waals surface area contributed by atoms with Crippen LogP contribution in [0.1, 0.15) is 62.6 Å². The third-order valence-corrected chi connectivity index (χ3v) is 4.45. The van der Waals surface area contributed by atoms with Crippen molar-refractivity contribution in [3.8, 4) is 0 Å². The van der Waals surface area contributed by atoms with E-state index in [4.69, 9.17) is 0 Å². The highest BCUT2D eigenvalue weighted by Crippen LogP contribution is 2.31. The predicted molar refractivity (Wildman–Crippen MR) is 85.2 cm³/mol. The molecule has 0 bridgehead atoms. The minimum atomic E-state index is -0.144. The third kappa shape index (κ3) is 2.34. The molecule has 22 heavy (non-hydrogen) atoms. The maximum atomic E-state index is 12.6. The summed E-state index contributed by atoms with van der Waals surface area (Å²) in [6, 6.07) is 8.26. The van der Waals surface area contributed by atoms with E-state index in [9.17, 15) is 9.59 Å². The number of rotatable bonds is 3. The van der Waals surface area contributed by atoms with Crippen LogP contribution < -0.4 is 5.32 Å². The van der Waals surface area contributed by atoms with Gasteiger partial charge in [-0.05, 0) is 50.3 Å². The minimum absolute atomic E-state index is 0.0171. The molecule has 0 radical (unpaired) electrons. The van der Waals surface area contributed by atoms with Gasteiger partial charge in [-0.3, -0.25) is 9.59 Å². The molecule has 1 aliphatic rings. The Morgan fingerprint density at radius 3 is 2.64 bits per heavy atom. The summed E-state index contributed by atoms with van der Waals surface area (Å²) in [6.45, 7) is 5.17. The van der Waals surface area contributed by atoms with Crippen LogP contribution in [0.15, 0.2) is 24.3 Å². The zero-order valence-electron chi connectivity index (χ0n) is 13.1. The fraction of sp³-hybridized carbons (Fsp3) is 0.333. The Labute approximate surface area is 129 Å². The number of benzene rings is 1. The summed E-state index contributed by atoms with van der Waals surface area (Å²) in [5, 5.41) is 3.09. The van der Waals surface area contributed by atoms with Crippen molar-refractivity contribution in [2.24, 2.45) is 0 Å². The molecule has 0 unspecified atom stereocenters. The fourth-order valence-electron chi connectivity index (χ4n) is 3.44. The lowest BCUT2D eigenvalue weighted by molar-refractivity contribution is 0.0931. The molecule has 1 aliphatic carbocycles. The number of carbonyl (C=O) groups is 2. The molecule has 1 aromatic carbocycles. The van der Waals surface area contributed by atoms with Gasteiger partial charge in [-0.25, -0.2) is 0 Å². The molecule has 0 spiro atoms. The number of ketones is 1. The van der Waals surface area contributed by atoms with Crippen LogP contribution in [0, 0.1) is 13.8 Å². The first-order chi connectivity index (χ1) is 10.5. The van der Waals surface area contributed by atoms with Gasteiger partial charge in [0, 0.05) is 11.3 Å². The molecule has 1 aromatic heterocycles. The zero-order valence-corrected chi connectivity index (χ0v) is 13.1. The molecule has 114 valence electrons. The van der Waals surface area contributed by atoms with Crippen LogP contribution in [0.5, 0.6) is 0 Å². The van der Waals surface area contributed by atoms with E-state index in [-0.39, 0.29) is 17.7 Å². The molecule has 2 N–H and O–H groups in total. The van der Waals surface area contributed by atoms with Crippen LogP contribution in [0.3, 0.4) is 0 Å². The normalized spacial score (nSPS) is 16.4. The summed E-state index contributed by atoms with van der Waals surface area (Å²) >= 11 is 0. The molecule has 4 heteroatoms. The molecule has 3 rings (SSSR count). The second-order valence-corrected chi connectivity index (χ2v) is 5.94. The van der Waals surface area contributed by atoms with Gasteiger partial charge in [-0.2, -0.15) is 0 Å². The van der Waals surface area contributed by atoms with E-state index in [2.05, 4.69) is 22.4 Å². The number of aromatic nitrogens is 1. The monoisotopic (exact) mass is 296 g/mol. The van der Waals surface area contributed by atoms with E-state index < -0.39 is 0 Å². The maximum absolute atomic E-state index is 12.6. The van der Waals surface area contributed by atoms with Crippen molar-refractivity contribution in [1.29, 1.82) is 0 Å². The Hall–Kier alpha value is -2.36. The molecule has 0 saturated heterocycles. The number of hydrogen-bond donors (Lipinski definition) is 2. The number of hydrogen-bond acceptors (Lipinski definition) is 2. The molecule has 1 atom stereocenters. The van der Waals surface area contributed by atoms with Gasteiger partial charge >= 0.3 is 0 Å². The topological polar surface area (TPSA) is 62.0 Å². The van der Waals surface area contributed by atoms with Crippen LogP contribution in [0.25, 0.3) is 0 Å². The lowest BCUT2D eigenvalue weighted by Crippen LogP contribution is -2.28. The Kier molecular flexibility index (Phi) is 3.61. The smallest absolute Gasteiger partial charge is 0.268 e. The molecular formula is C18H20N2O2. The Morgan fingerprint density at radius 2 is 1.95 bits per heavy atom. The summed E-state index contributed by atoms with van der Waals surface area (Å²) in [6.07, 6.45) is 1.91. The largest absolute Gasteiger partial charge is 0.354 e. The van der Waals surface area contributed by atoms with Crippen LogP contribution in [0.2, 0.25) is 0 Å². The van der Waals surface area contributed by atoms with Gasteiger partial charge in [-0.1, -0.05) is 24.3 Å². The average Bonchev–Trinajstić information content (AvgIpc) is 3.00. The SMILES string of the molecule is CC(=O)c1c(C)[nH]c(C(=O)N[C@H]2CCc3ccccc32)c1C. The highest BCUT2D eigenvalue weighted by Gasteiger charge is 2.26. The fourth-order valence-corrected chi connectivity index (χ4v) is 3.44. The highest BCUT2D eigenvalue weighted by molar-refractivity contribution is 6.02. The van der Waals surface area contributed by atoms with Gasteiger partial charge in [0.25, 0.3) is 5.91 Å². The Morgan fingerprint density at radius 1 is 1.23 bits per heavy atom. The molecule has 0 aliphatic heterocycles. The summed E-state index contributed by atoms with van der Waals surface area (Å²) in [5.41, 5.74) is 5.10. The summed E-state index contributed by atoms with van der Waals surface area (Å²) in [4.78, 5) is 27.3. The molecule has 0 fully saturated rings. The van der Waals surface area contributed by atoms with Gasteiger partial charge in [0.2, 0.25) is 0 Å².